The summed E-state index contributed by atoms with van der Waals surface area (Å²) in [6.45, 7) is 7.53. The molecule has 2 N–H and O–H groups in total. The number of amides is 1. The van der Waals surface area contributed by atoms with Crippen LogP contribution in [0.15, 0.2) is 41.8 Å². The second-order valence-electron chi connectivity index (χ2n) is 8.00. The van der Waals surface area contributed by atoms with Gasteiger partial charge < -0.3 is 5.32 Å². The second kappa shape index (κ2) is 8.51. The molecule has 1 aliphatic rings. The second-order valence-corrected chi connectivity index (χ2v) is 8.95. The van der Waals surface area contributed by atoms with E-state index in [4.69, 9.17) is 0 Å². The zero-order valence-electron chi connectivity index (χ0n) is 17.2. The first-order valence-electron chi connectivity index (χ1n) is 10.3. The zero-order valence-corrected chi connectivity index (χ0v) is 18.1. The van der Waals surface area contributed by atoms with E-state index in [1.807, 2.05) is 36.6 Å². The number of anilines is 1. The first kappa shape index (κ1) is 19.9. The molecule has 5 nitrogen and oxygen atoms in total. The van der Waals surface area contributed by atoms with Crippen molar-refractivity contribution >= 4 is 22.9 Å². The van der Waals surface area contributed by atoms with E-state index in [0.29, 0.717) is 17.8 Å². The molecule has 3 aromatic rings. The van der Waals surface area contributed by atoms with E-state index in [2.05, 4.69) is 46.4 Å². The van der Waals surface area contributed by atoms with Crippen molar-refractivity contribution < 1.29 is 4.79 Å². The zero-order chi connectivity index (χ0) is 20.4. The summed E-state index contributed by atoms with van der Waals surface area (Å²) < 4.78 is 0. The van der Waals surface area contributed by atoms with Gasteiger partial charge in [-0.05, 0) is 62.8 Å². The molecule has 1 aliphatic heterocycles. The molecule has 0 bridgehead atoms. The van der Waals surface area contributed by atoms with Crippen LogP contribution in [0.4, 0.5) is 5.69 Å². The molecular formula is C23H28N4OS. The third-order valence-corrected chi connectivity index (χ3v) is 6.83. The van der Waals surface area contributed by atoms with Crippen LogP contribution in [0.25, 0.3) is 10.6 Å². The molecule has 1 fully saturated rings. The molecular weight excluding hydrogens is 380 g/mol. The Morgan fingerprint density at radius 3 is 2.59 bits per heavy atom. The van der Waals surface area contributed by atoms with Crippen LogP contribution >= 0.6 is 11.3 Å². The van der Waals surface area contributed by atoms with Gasteiger partial charge in [-0.1, -0.05) is 24.6 Å². The number of nitrogens with one attached hydrogen (secondary N) is 2. The molecule has 152 valence electrons. The number of piperidine rings is 1. The van der Waals surface area contributed by atoms with Gasteiger partial charge >= 0.3 is 0 Å². The van der Waals surface area contributed by atoms with Gasteiger partial charge in [0.25, 0.3) is 5.91 Å². The number of likely N-dealkylation sites (tertiary alicyclic amines) is 1. The number of aromatic amines is 1. The molecule has 0 saturated carbocycles. The number of hydrogen-bond donors (Lipinski definition) is 2. The van der Waals surface area contributed by atoms with Crippen LogP contribution in [-0.2, 0) is 6.54 Å². The van der Waals surface area contributed by atoms with E-state index in [9.17, 15) is 4.79 Å². The van der Waals surface area contributed by atoms with Gasteiger partial charge in [0, 0.05) is 29.9 Å². The van der Waals surface area contributed by atoms with Crippen LogP contribution in [0.2, 0.25) is 0 Å². The van der Waals surface area contributed by atoms with E-state index < -0.39 is 0 Å². The Hall–Kier alpha value is -2.44. The fraction of sp³-hybridized carbons (Fsp3) is 0.391. The van der Waals surface area contributed by atoms with E-state index in [0.717, 1.165) is 28.4 Å². The van der Waals surface area contributed by atoms with Crippen molar-refractivity contribution in [2.75, 3.05) is 5.32 Å². The topological polar surface area (TPSA) is 61.0 Å². The van der Waals surface area contributed by atoms with E-state index in [1.54, 1.807) is 11.3 Å². The number of hydrogen-bond acceptors (Lipinski definition) is 4. The van der Waals surface area contributed by atoms with Crippen LogP contribution < -0.4 is 5.32 Å². The lowest BCUT2D eigenvalue weighted by Crippen LogP contribution is -2.42. The first-order chi connectivity index (χ1) is 14.0. The Balaban J connectivity index is 1.42. The molecule has 1 aromatic carbocycles. The maximum Gasteiger partial charge on any atom is 0.276 e. The molecule has 1 amide bonds. The SMILES string of the molecule is Cc1c(C(=O)Nc2ccc(CN3C(C)CCCC3C)cc2)n[nH]c1-c1cccs1. The van der Waals surface area contributed by atoms with Gasteiger partial charge in [0.1, 0.15) is 0 Å². The minimum absolute atomic E-state index is 0.187. The Kier molecular flexibility index (Phi) is 5.83. The smallest absolute Gasteiger partial charge is 0.276 e. The van der Waals surface area contributed by atoms with Crippen LogP contribution in [0.3, 0.4) is 0 Å². The van der Waals surface area contributed by atoms with Crippen LogP contribution in [0, 0.1) is 6.92 Å². The minimum atomic E-state index is -0.187. The molecule has 6 heteroatoms. The average molecular weight is 409 g/mol. The molecule has 0 radical (unpaired) electrons. The highest BCUT2D eigenvalue weighted by atomic mass is 32.1. The third-order valence-electron chi connectivity index (χ3n) is 5.95. The maximum atomic E-state index is 12.7. The van der Waals surface area contributed by atoms with Crippen molar-refractivity contribution in [2.45, 2.75) is 58.7 Å². The van der Waals surface area contributed by atoms with Gasteiger partial charge in [0.2, 0.25) is 0 Å². The molecule has 29 heavy (non-hydrogen) atoms. The molecule has 0 aliphatic carbocycles. The molecule has 2 atom stereocenters. The Morgan fingerprint density at radius 1 is 1.21 bits per heavy atom. The highest BCUT2D eigenvalue weighted by molar-refractivity contribution is 7.13. The number of carbonyl (C=O) groups is 1. The fourth-order valence-electron chi connectivity index (χ4n) is 4.16. The third kappa shape index (κ3) is 4.28. The number of aromatic nitrogens is 2. The van der Waals surface area contributed by atoms with Crippen LogP contribution in [0.5, 0.6) is 0 Å². The minimum Gasteiger partial charge on any atom is -0.321 e. The average Bonchev–Trinajstić information content (AvgIpc) is 3.35. The molecule has 0 spiro atoms. The monoisotopic (exact) mass is 408 g/mol. The summed E-state index contributed by atoms with van der Waals surface area (Å²) in [4.78, 5) is 16.4. The summed E-state index contributed by atoms with van der Waals surface area (Å²) in [6.07, 6.45) is 3.87. The number of rotatable bonds is 5. The Labute approximate surface area is 176 Å². The maximum absolute atomic E-state index is 12.7. The lowest BCUT2D eigenvalue weighted by Gasteiger charge is -2.39. The van der Waals surface area contributed by atoms with Crippen molar-refractivity contribution in [1.29, 1.82) is 0 Å². The van der Waals surface area contributed by atoms with Crippen molar-refractivity contribution in [1.82, 2.24) is 15.1 Å². The predicted molar refractivity (Wildman–Crippen MR) is 119 cm³/mol. The molecule has 2 aromatic heterocycles. The predicted octanol–water partition coefficient (Wildman–Crippen LogP) is 5.46. The first-order valence-corrected chi connectivity index (χ1v) is 11.2. The van der Waals surface area contributed by atoms with E-state index in [1.165, 1.54) is 24.8 Å². The normalized spacial score (nSPS) is 20.0. The Bertz CT molecular complexity index is 951. The van der Waals surface area contributed by atoms with Crippen molar-refractivity contribution in [3.8, 4) is 10.6 Å². The number of carbonyl (C=O) groups excluding carboxylic acids is 1. The number of thiophene rings is 1. The van der Waals surface area contributed by atoms with Crippen molar-refractivity contribution in [3.63, 3.8) is 0 Å². The van der Waals surface area contributed by atoms with E-state index in [-0.39, 0.29) is 5.91 Å². The quantitative estimate of drug-likeness (QED) is 0.589. The van der Waals surface area contributed by atoms with Gasteiger partial charge in [0.15, 0.2) is 5.69 Å². The summed E-state index contributed by atoms with van der Waals surface area (Å²) >= 11 is 1.63. The summed E-state index contributed by atoms with van der Waals surface area (Å²) in [5.74, 6) is -0.187. The fourth-order valence-corrected chi connectivity index (χ4v) is 4.94. The summed E-state index contributed by atoms with van der Waals surface area (Å²) in [6, 6.07) is 13.4. The van der Waals surface area contributed by atoms with Gasteiger partial charge in [0.05, 0.1) is 10.6 Å². The van der Waals surface area contributed by atoms with Gasteiger partial charge in [-0.2, -0.15) is 5.10 Å². The Morgan fingerprint density at radius 2 is 1.93 bits per heavy atom. The molecule has 4 rings (SSSR count). The standard InChI is InChI=1S/C23H28N4OS/c1-15-6-4-7-16(2)27(15)14-18-9-11-19(12-10-18)24-23(28)22-17(3)21(25-26-22)20-8-5-13-29-20/h5,8-13,15-16H,4,6-7,14H2,1-3H3,(H,24,28)(H,25,26). The van der Waals surface area contributed by atoms with Crippen LogP contribution in [0.1, 0.15) is 54.7 Å². The van der Waals surface area contributed by atoms with Crippen LogP contribution in [-0.4, -0.2) is 33.1 Å². The number of benzene rings is 1. The lowest BCUT2D eigenvalue weighted by molar-refractivity contribution is 0.0953. The highest BCUT2D eigenvalue weighted by Gasteiger charge is 2.24. The lowest BCUT2D eigenvalue weighted by atomic mass is 9.97. The largest absolute Gasteiger partial charge is 0.321 e. The summed E-state index contributed by atoms with van der Waals surface area (Å²) in [7, 11) is 0. The number of H-pyrrole nitrogens is 1. The molecule has 1 saturated heterocycles. The highest BCUT2D eigenvalue weighted by Crippen LogP contribution is 2.28. The summed E-state index contributed by atoms with van der Waals surface area (Å²) in [5, 5.41) is 12.2. The van der Waals surface area contributed by atoms with Gasteiger partial charge in [-0.3, -0.25) is 14.8 Å². The molecule has 3 heterocycles. The van der Waals surface area contributed by atoms with Crippen molar-refractivity contribution in [3.05, 3.63) is 58.6 Å². The summed E-state index contributed by atoms with van der Waals surface area (Å²) in [5.41, 5.74) is 4.28. The molecule has 2 unspecified atom stereocenters. The van der Waals surface area contributed by atoms with Crippen molar-refractivity contribution in [2.24, 2.45) is 0 Å². The van der Waals surface area contributed by atoms with Gasteiger partial charge in [-0.15, -0.1) is 11.3 Å². The van der Waals surface area contributed by atoms with E-state index >= 15 is 0 Å². The number of nitrogens with zero attached hydrogens (tertiary/aromatic N) is 2. The van der Waals surface area contributed by atoms with Gasteiger partial charge in [-0.25, -0.2) is 0 Å².